The lowest BCUT2D eigenvalue weighted by Crippen LogP contribution is -2.39. The molecule has 1 heterocycles. The van der Waals surface area contributed by atoms with Gasteiger partial charge in [0.25, 0.3) is 0 Å². The second-order valence-electron chi connectivity index (χ2n) is 6.05. The molecule has 0 radical (unpaired) electrons. The summed E-state index contributed by atoms with van der Waals surface area (Å²) >= 11 is 0. The standard InChI is InChI=1S/C16H16F6N/c1-10-8-11(15(17,18)19)9-12(16(20,21)22)14(10)13-6-4-5-7-23(13,2)3/h4-9,13H,1-3H3/q+1. The number of halogens is 6. The highest BCUT2D eigenvalue weighted by molar-refractivity contribution is 5.44. The van der Waals surface area contributed by atoms with Crippen LogP contribution < -0.4 is 0 Å². The molecule has 1 aromatic rings. The lowest BCUT2D eigenvalue weighted by Gasteiger charge is -2.36. The lowest BCUT2D eigenvalue weighted by molar-refractivity contribution is -0.865. The van der Waals surface area contributed by atoms with Crippen molar-refractivity contribution in [2.75, 3.05) is 14.1 Å². The highest BCUT2D eigenvalue weighted by Crippen LogP contribution is 2.44. The number of quaternary nitrogens is 1. The number of rotatable bonds is 1. The topological polar surface area (TPSA) is 0 Å². The Balaban J connectivity index is 2.73. The third kappa shape index (κ3) is 3.44. The summed E-state index contributed by atoms with van der Waals surface area (Å²) in [6, 6.07) is 0.268. The Kier molecular flexibility index (Phi) is 4.13. The van der Waals surface area contributed by atoms with E-state index in [0.717, 1.165) is 6.07 Å². The molecule has 0 N–H and O–H groups in total. The normalized spacial score (nSPS) is 20.8. The molecule has 1 aliphatic heterocycles. The van der Waals surface area contributed by atoms with Crippen LogP contribution in [0.4, 0.5) is 26.3 Å². The van der Waals surface area contributed by atoms with E-state index in [1.165, 1.54) is 6.92 Å². The van der Waals surface area contributed by atoms with Crippen molar-refractivity contribution >= 4 is 0 Å². The summed E-state index contributed by atoms with van der Waals surface area (Å²) in [7, 11) is 3.39. The molecular weight excluding hydrogens is 320 g/mol. The van der Waals surface area contributed by atoms with Crippen LogP contribution in [0.5, 0.6) is 0 Å². The average molecular weight is 336 g/mol. The molecular formula is C16H16F6N+. The quantitative estimate of drug-likeness (QED) is 0.486. The van der Waals surface area contributed by atoms with Gasteiger partial charge in [-0.2, -0.15) is 26.3 Å². The van der Waals surface area contributed by atoms with Crippen molar-refractivity contribution < 1.29 is 30.8 Å². The number of hydrogen-bond acceptors (Lipinski definition) is 0. The van der Waals surface area contributed by atoms with Crippen LogP contribution in [-0.2, 0) is 12.4 Å². The van der Waals surface area contributed by atoms with Crippen LogP contribution in [0, 0.1) is 6.92 Å². The van der Waals surface area contributed by atoms with Crippen LogP contribution in [0.25, 0.3) is 0 Å². The van der Waals surface area contributed by atoms with Crippen LogP contribution in [0.15, 0.2) is 36.6 Å². The third-order valence-corrected chi connectivity index (χ3v) is 3.91. The van der Waals surface area contributed by atoms with Gasteiger partial charge in [0.05, 0.1) is 31.4 Å². The van der Waals surface area contributed by atoms with Gasteiger partial charge in [0.2, 0.25) is 0 Å². The van der Waals surface area contributed by atoms with E-state index in [0.29, 0.717) is 0 Å². The molecule has 0 fully saturated rings. The first-order chi connectivity index (χ1) is 10.3. The number of nitrogens with zero attached hydrogens (tertiary/aromatic N) is 1. The highest BCUT2D eigenvalue weighted by Gasteiger charge is 2.43. The van der Waals surface area contributed by atoms with E-state index < -0.39 is 29.5 Å². The van der Waals surface area contributed by atoms with Crippen LogP contribution in [0.3, 0.4) is 0 Å². The Morgan fingerprint density at radius 3 is 2.00 bits per heavy atom. The first-order valence-electron chi connectivity index (χ1n) is 6.82. The molecule has 126 valence electrons. The fraction of sp³-hybridized carbons (Fsp3) is 0.375. The minimum atomic E-state index is -4.86. The molecule has 1 unspecified atom stereocenters. The minimum Gasteiger partial charge on any atom is -0.293 e. The second-order valence-corrected chi connectivity index (χ2v) is 6.05. The molecule has 0 aliphatic carbocycles. The van der Waals surface area contributed by atoms with E-state index in [2.05, 4.69) is 0 Å². The Morgan fingerprint density at radius 1 is 0.913 bits per heavy atom. The Bertz CT molecular complexity index is 664. The summed E-state index contributed by atoms with van der Waals surface area (Å²) in [5.74, 6) is 0. The predicted molar refractivity (Wildman–Crippen MR) is 74.3 cm³/mol. The van der Waals surface area contributed by atoms with Gasteiger partial charge in [0, 0.05) is 5.56 Å². The second kappa shape index (κ2) is 5.40. The maximum Gasteiger partial charge on any atom is 0.416 e. The van der Waals surface area contributed by atoms with E-state index >= 15 is 0 Å². The molecule has 23 heavy (non-hydrogen) atoms. The van der Waals surface area contributed by atoms with E-state index in [4.69, 9.17) is 0 Å². The fourth-order valence-corrected chi connectivity index (χ4v) is 2.77. The van der Waals surface area contributed by atoms with Crippen LogP contribution in [-0.4, -0.2) is 18.6 Å². The van der Waals surface area contributed by atoms with Crippen molar-refractivity contribution in [3.63, 3.8) is 0 Å². The summed E-state index contributed by atoms with van der Waals surface area (Å²) in [5, 5.41) is 0. The van der Waals surface area contributed by atoms with Gasteiger partial charge < -0.3 is 0 Å². The molecule has 1 atom stereocenters. The van der Waals surface area contributed by atoms with Gasteiger partial charge in [-0.3, -0.25) is 4.48 Å². The van der Waals surface area contributed by atoms with Crippen LogP contribution in [0.1, 0.15) is 28.3 Å². The van der Waals surface area contributed by atoms with E-state index in [-0.39, 0.29) is 21.7 Å². The van der Waals surface area contributed by atoms with Gasteiger partial charge in [-0.1, -0.05) is 6.08 Å². The Hall–Kier alpha value is -1.76. The van der Waals surface area contributed by atoms with Gasteiger partial charge in [-0.25, -0.2) is 0 Å². The molecule has 0 amide bonds. The molecule has 0 saturated heterocycles. The van der Waals surface area contributed by atoms with Crippen molar-refractivity contribution in [3.8, 4) is 0 Å². The van der Waals surface area contributed by atoms with Gasteiger partial charge in [-0.15, -0.1) is 0 Å². The summed E-state index contributed by atoms with van der Waals surface area (Å²) in [6.07, 6.45) is -3.12. The molecule has 1 nitrogen and oxygen atoms in total. The Labute approximate surface area is 130 Å². The van der Waals surface area contributed by atoms with Crippen molar-refractivity contribution in [2.24, 2.45) is 0 Å². The zero-order valence-corrected chi connectivity index (χ0v) is 12.8. The molecule has 0 aromatic heterocycles. The molecule has 2 rings (SSSR count). The molecule has 0 saturated carbocycles. The molecule has 0 bridgehead atoms. The number of aryl methyl sites for hydroxylation is 1. The van der Waals surface area contributed by atoms with Crippen molar-refractivity contribution in [1.29, 1.82) is 0 Å². The van der Waals surface area contributed by atoms with E-state index in [1.807, 2.05) is 0 Å². The zero-order valence-electron chi connectivity index (χ0n) is 12.8. The number of benzene rings is 1. The lowest BCUT2D eigenvalue weighted by atomic mass is 9.90. The Morgan fingerprint density at radius 2 is 1.52 bits per heavy atom. The van der Waals surface area contributed by atoms with Crippen molar-refractivity contribution in [1.82, 2.24) is 0 Å². The van der Waals surface area contributed by atoms with Crippen LogP contribution in [0.2, 0.25) is 0 Å². The zero-order chi connectivity index (χ0) is 17.6. The molecule has 1 aromatic carbocycles. The predicted octanol–water partition coefficient (Wildman–Crippen LogP) is 5.23. The number of allylic oxidation sites excluding steroid dienone is 2. The van der Waals surface area contributed by atoms with Crippen molar-refractivity contribution in [3.05, 3.63) is 58.8 Å². The summed E-state index contributed by atoms with van der Waals surface area (Å²) in [4.78, 5) is 0. The first kappa shape index (κ1) is 17.6. The molecule has 0 spiro atoms. The average Bonchev–Trinajstić information content (AvgIpc) is 2.36. The summed E-state index contributed by atoms with van der Waals surface area (Å²) < 4.78 is 78.8. The van der Waals surface area contributed by atoms with Crippen molar-refractivity contribution in [2.45, 2.75) is 25.3 Å². The van der Waals surface area contributed by atoms with Gasteiger partial charge >= 0.3 is 12.4 Å². The molecule has 7 heteroatoms. The largest absolute Gasteiger partial charge is 0.416 e. The number of likely N-dealkylation sites (N-methyl/N-ethyl adjacent to an activating group) is 1. The SMILES string of the molecule is Cc1cc(C(F)(F)F)cc(C(F)(F)F)c1C1C=CC=C[N+]1(C)C. The number of alkyl halides is 6. The van der Waals surface area contributed by atoms with E-state index in [9.17, 15) is 26.3 Å². The maximum absolute atomic E-state index is 13.4. The first-order valence-corrected chi connectivity index (χ1v) is 6.82. The minimum absolute atomic E-state index is 0.0247. The van der Waals surface area contributed by atoms with E-state index in [1.54, 1.807) is 38.5 Å². The van der Waals surface area contributed by atoms with Crippen LogP contribution >= 0.6 is 0 Å². The summed E-state index contributed by atoms with van der Waals surface area (Å²) in [6.45, 7) is 1.28. The molecule has 1 aliphatic rings. The summed E-state index contributed by atoms with van der Waals surface area (Å²) in [5.41, 5.74) is -2.67. The number of hydrogen-bond donors (Lipinski definition) is 0. The third-order valence-electron chi connectivity index (χ3n) is 3.91. The van der Waals surface area contributed by atoms with Gasteiger partial charge in [0.1, 0.15) is 6.04 Å². The maximum atomic E-state index is 13.4. The fourth-order valence-electron chi connectivity index (χ4n) is 2.77. The van der Waals surface area contributed by atoms with Gasteiger partial charge in [0.15, 0.2) is 0 Å². The smallest absolute Gasteiger partial charge is 0.293 e. The monoisotopic (exact) mass is 336 g/mol. The van der Waals surface area contributed by atoms with Gasteiger partial charge in [-0.05, 0) is 36.8 Å². The highest BCUT2D eigenvalue weighted by atomic mass is 19.4.